The van der Waals surface area contributed by atoms with E-state index in [1.54, 1.807) is 12.3 Å². The zero-order valence-electron chi connectivity index (χ0n) is 10.2. The quantitative estimate of drug-likeness (QED) is 0.790. The first kappa shape index (κ1) is 12.2. The van der Waals surface area contributed by atoms with Gasteiger partial charge in [0.25, 0.3) is 0 Å². The molecule has 0 fully saturated rings. The van der Waals surface area contributed by atoms with E-state index in [4.69, 9.17) is 21.8 Å². The Morgan fingerprint density at radius 3 is 2.79 bits per heavy atom. The number of fused-ring (bicyclic) bond motifs is 1. The average Bonchev–Trinajstić information content (AvgIpc) is 2.85. The molecule has 0 saturated heterocycles. The number of pyridine rings is 1. The molecule has 1 atom stereocenters. The molecular weight excluding hydrogens is 260 g/mol. The van der Waals surface area contributed by atoms with Crippen molar-refractivity contribution >= 4 is 22.5 Å². The van der Waals surface area contributed by atoms with Crippen LogP contribution >= 0.6 is 11.6 Å². The molecule has 4 heteroatoms. The van der Waals surface area contributed by atoms with E-state index in [0.717, 1.165) is 22.2 Å². The van der Waals surface area contributed by atoms with Crippen LogP contribution in [-0.2, 0) is 6.42 Å². The highest BCUT2D eigenvalue weighted by Gasteiger charge is 2.14. The molecule has 0 spiro atoms. The summed E-state index contributed by atoms with van der Waals surface area (Å²) in [5.74, 6) is 0. The van der Waals surface area contributed by atoms with E-state index in [1.807, 2.05) is 30.3 Å². The maximum Gasteiger partial charge on any atom is 0.197 e. The summed E-state index contributed by atoms with van der Waals surface area (Å²) in [6, 6.07) is 13.7. The SMILES string of the molecule is NC(Cc1ccc2ccccc2n1)c1ccoc1Cl. The molecular formula is C15H13ClN2O. The number of nitrogens with zero attached hydrogens (tertiary/aromatic N) is 1. The van der Waals surface area contributed by atoms with E-state index in [0.29, 0.717) is 11.6 Å². The molecule has 2 aromatic heterocycles. The number of nitrogens with two attached hydrogens (primary N) is 1. The fourth-order valence-corrected chi connectivity index (χ4v) is 2.38. The number of hydrogen-bond donors (Lipinski definition) is 1. The van der Waals surface area contributed by atoms with Gasteiger partial charge in [0.1, 0.15) is 0 Å². The third-order valence-corrected chi connectivity index (χ3v) is 3.44. The molecule has 2 N–H and O–H groups in total. The molecule has 0 amide bonds. The molecule has 1 aromatic carbocycles. The minimum atomic E-state index is -0.208. The van der Waals surface area contributed by atoms with Gasteiger partial charge in [-0.1, -0.05) is 24.3 Å². The van der Waals surface area contributed by atoms with Gasteiger partial charge in [0, 0.05) is 29.1 Å². The van der Waals surface area contributed by atoms with Gasteiger partial charge in [-0.25, -0.2) is 0 Å². The Hall–Kier alpha value is -1.84. The second-order valence-electron chi connectivity index (χ2n) is 4.46. The summed E-state index contributed by atoms with van der Waals surface area (Å²) in [5.41, 5.74) is 8.87. The second-order valence-corrected chi connectivity index (χ2v) is 4.80. The van der Waals surface area contributed by atoms with Crippen molar-refractivity contribution in [3.63, 3.8) is 0 Å². The van der Waals surface area contributed by atoms with Gasteiger partial charge in [-0.3, -0.25) is 4.98 Å². The van der Waals surface area contributed by atoms with Gasteiger partial charge < -0.3 is 10.2 Å². The standard InChI is InChI=1S/C15H13ClN2O/c16-15-12(7-8-19-15)13(17)9-11-6-5-10-3-1-2-4-14(10)18-11/h1-8,13H,9,17H2. The van der Waals surface area contributed by atoms with Crippen molar-refractivity contribution in [2.75, 3.05) is 0 Å². The van der Waals surface area contributed by atoms with Gasteiger partial charge >= 0.3 is 0 Å². The van der Waals surface area contributed by atoms with Crippen molar-refractivity contribution in [2.45, 2.75) is 12.5 Å². The van der Waals surface area contributed by atoms with Crippen molar-refractivity contribution in [1.29, 1.82) is 0 Å². The highest BCUT2D eigenvalue weighted by molar-refractivity contribution is 6.29. The van der Waals surface area contributed by atoms with Gasteiger partial charge in [-0.05, 0) is 29.8 Å². The van der Waals surface area contributed by atoms with E-state index in [-0.39, 0.29) is 6.04 Å². The maximum atomic E-state index is 6.13. The van der Waals surface area contributed by atoms with Crippen LogP contribution in [0, 0.1) is 0 Å². The summed E-state index contributed by atoms with van der Waals surface area (Å²) in [6.45, 7) is 0. The molecule has 19 heavy (non-hydrogen) atoms. The zero-order valence-corrected chi connectivity index (χ0v) is 11.0. The maximum absolute atomic E-state index is 6.13. The molecule has 3 nitrogen and oxygen atoms in total. The Kier molecular flexibility index (Phi) is 3.23. The van der Waals surface area contributed by atoms with E-state index in [1.165, 1.54) is 0 Å². The lowest BCUT2D eigenvalue weighted by Gasteiger charge is -2.10. The minimum Gasteiger partial charge on any atom is -0.453 e. The second kappa shape index (κ2) is 5.03. The van der Waals surface area contributed by atoms with Crippen LogP contribution in [0.1, 0.15) is 17.3 Å². The first-order valence-corrected chi connectivity index (χ1v) is 6.45. The molecule has 1 unspecified atom stereocenters. The van der Waals surface area contributed by atoms with Crippen molar-refractivity contribution < 1.29 is 4.42 Å². The Morgan fingerprint density at radius 2 is 2.00 bits per heavy atom. The lowest BCUT2D eigenvalue weighted by Crippen LogP contribution is -2.13. The summed E-state index contributed by atoms with van der Waals surface area (Å²) in [5, 5.41) is 1.48. The minimum absolute atomic E-state index is 0.208. The topological polar surface area (TPSA) is 52.0 Å². The Bertz CT molecular complexity index is 708. The smallest absolute Gasteiger partial charge is 0.197 e. The molecule has 3 aromatic rings. The predicted octanol–water partition coefficient (Wildman–Crippen LogP) is 3.72. The van der Waals surface area contributed by atoms with Gasteiger partial charge in [0.05, 0.1) is 11.8 Å². The average molecular weight is 273 g/mol. The molecule has 96 valence electrons. The Morgan fingerprint density at radius 1 is 1.16 bits per heavy atom. The fraction of sp³-hybridized carbons (Fsp3) is 0.133. The fourth-order valence-electron chi connectivity index (χ4n) is 2.13. The number of para-hydroxylation sites is 1. The van der Waals surface area contributed by atoms with Crippen LogP contribution in [0.5, 0.6) is 0 Å². The van der Waals surface area contributed by atoms with Crippen LogP contribution in [0.15, 0.2) is 53.1 Å². The summed E-state index contributed by atoms with van der Waals surface area (Å²) in [6.07, 6.45) is 2.18. The normalized spacial score (nSPS) is 12.7. The lowest BCUT2D eigenvalue weighted by molar-refractivity contribution is 0.560. The number of hydrogen-bond acceptors (Lipinski definition) is 3. The van der Waals surface area contributed by atoms with Gasteiger partial charge in [0.2, 0.25) is 0 Å². The molecule has 3 rings (SSSR count). The monoisotopic (exact) mass is 272 g/mol. The first-order valence-electron chi connectivity index (χ1n) is 6.07. The van der Waals surface area contributed by atoms with E-state index in [9.17, 15) is 0 Å². The molecule has 0 aliphatic carbocycles. The van der Waals surface area contributed by atoms with Crippen molar-refractivity contribution in [3.05, 3.63) is 65.2 Å². The summed E-state index contributed by atoms with van der Waals surface area (Å²) in [7, 11) is 0. The third kappa shape index (κ3) is 2.48. The summed E-state index contributed by atoms with van der Waals surface area (Å²) >= 11 is 5.93. The lowest BCUT2D eigenvalue weighted by atomic mass is 10.1. The Labute approximate surface area is 116 Å². The zero-order chi connectivity index (χ0) is 13.2. The van der Waals surface area contributed by atoms with Crippen molar-refractivity contribution in [2.24, 2.45) is 5.73 Å². The summed E-state index contributed by atoms with van der Waals surface area (Å²) in [4.78, 5) is 4.60. The van der Waals surface area contributed by atoms with Crippen molar-refractivity contribution in [1.82, 2.24) is 4.98 Å². The van der Waals surface area contributed by atoms with E-state index >= 15 is 0 Å². The van der Waals surface area contributed by atoms with Crippen LogP contribution < -0.4 is 5.73 Å². The van der Waals surface area contributed by atoms with Crippen LogP contribution in [-0.4, -0.2) is 4.98 Å². The number of halogens is 1. The third-order valence-electron chi connectivity index (χ3n) is 3.13. The molecule has 0 bridgehead atoms. The largest absolute Gasteiger partial charge is 0.453 e. The van der Waals surface area contributed by atoms with Crippen LogP contribution in [0.3, 0.4) is 0 Å². The van der Waals surface area contributed by atoms with Gasteiger partial charge in [-0.2, -0.15) is 0 Å². The first-order chi connectivity index (χ1) is 9.24. The van der Waals surface area contributed by atoms with Crippen LogP contribution in [0.4, 0.5) is 0 Å². The van der Waals surface area contributed by atoms with E-state index in [2.05, 4.69) is 11.1 Å². The highest BCUT2D eigenvalue weighted by atomic mass is 35.5. The predicted molar refractivity (Wildman–Crippen MR) is 76.1 cm³/mol. The number of benzene rings is 1. The highest BCUT2D eigenvalue weighted by Crippen LogP contribution is 2.25. The van der Waals surface area contributed by atoms with Crippen LogP contribution in [0.25, 0.3) is 10.9 Å². The van der Waals surface area contributed by atoms with Crippen molar-refractivity contribution in [3.8, 4) is 0 Å². The summed E-state index contributed by atoms with van der Waals surface area (Å²) < 4.78 is 5.06. The number of rotatable bonds is 3. The van der Waals surface area contributed by atoms with Gasteiger partial charge in [-0.15, -0.1) is 0 Å². The molecule has 0 saturated carbocycles. The van der Waals surface area contributed by atoms with E-state index < -0.39 is 0 Å². The van der Waals surface area contributed by atoms with Crippen LogP contribution in [0.2, 0.25) is 5.22 Å². The Balaban J connectivity index is 1.87. The molecule has 0 aliphatic rings. The molecule has 0 aliphatic heterocycles. The number of aromatic nitrogens is 1. The molecule has 2 heterocycles. The molecule has 0 radical (unpaired) electrons. The number of furan rings is 1. The van der Waals surface area contributed by atoms with Gasteiger partial charge in [0.15, 0.2) is 5.22 Å².